The van der Waals surface area contributed by atoms with Crippen molar-refractivity contribution in [3.05, 3.63) is 77.0 Å². The zero-order chi connectivity index (χ0) is 25.7. The molecule has 0 radical (unpaired) electrons. The van der Waals surface area contributed by atoms with E-state index in [4.69, 9.17) is 18.9 Å². The number of aromatic nitrogens is 1. The molecular formula is C29H25F3NO4+. The molecule has 2 aliphatic heterocycles. The first-order valence-corrected chi connectivity index (χ1v) is 12.1. The monoisotopic (exact) mass is 508 g/mol. The van der Waals surface area contributed by atoms with Crippen LogP contribution in [-0.4, -0.2) is 21.0 Å². The van der Waals surface area contributed by atoms with Crippen LogP contribution in [0.3, 0.4) is 0 Å². The first-order chi connectivity index (χ1) is 17.9. The van der Waals surface area contributed by atoms with Gasteiger partial charge in [-0.3, -0.25) is 0 Å². The van der Waals surface area contributed by atoms with Gasteiger partial charge in [-0.25, -0.2) is 0 Å². The van der Waals surface area contributed by atoms with Crippen LogP contribution in [0.2, 0.25) is 0 Å². The number of pyridine rings is 1. The topological polar surface area (TPSA) is 40.8 Å². The molecule has 3 aromatic carbocycles. The molecule has 0 saturated carbocycles. The summed E-state index contributed by atoms with van der Waals surface area (Å²) in [5, 5.41) is 1.94. The van der Waals surface area contributed by atoms with E-state index >= 15 is 0 Å². The van der Waals surface area contributed by atoms with Crippen LogP contribution in [-0.2, 0) is 32.0 Å². The molecule has 0 spiro atoms. The smallest absolute Gasteiger partial charge is 0.416 e. The molecule has 6 rings (SSSR count). The van der Waals surface area contributed by atoms with Gasteiger partial charge in [0.2, 0.25) is 12.5 Å². The Hall–Kier alpha value is -3.94. The molecule has 0 unspecified atom stereocenters. The molecule has 4 aromatic rings. The first-order valence-electron chi connectivity index (χ1n) is 12.1. The summed E-state index contributed by atoms with van der Waals surface area (Å²) in [7, 11) is 3.23. The number of methoxy groups -OCH3 is 2. The van der Waals surface area contributed by atoms with Gasteiger partial charge in [0.1, 0.15) is 0 Å². The van der Waals surface area contributed by atoms with Gasteiger partial charge in [-0.1, -0.05) is 12.1 Å². The van der Waals surface area contributed by atoms with Gasteiger partial charge >= 0.3 is 6.18 Å². The largest absolute Gasteiger partial charge is 0.493 e. The third-order valence-electron chi connectivity index (χ3n) is 7.19. The standard InChI is InChI=1S/C29H25F3NO4/c1-34-24-10-9-20-21(8-5-17-3-6-19(7-4-17)29(30,31)32)27-22-14-26-25(36-16-37-26)13-18(22)11-12-33(27)15-23(20)28(24)35-2/h3-4,6-7,9-10,13-15H,5,8,11-12,16H2,1-2H3/q+1. The van der Waals surface area contributed by atoms with Crippen LogP contribution in [0.5, 0.6) is 23.0 Å². The van der Waals surface area contributed by atoms with Gasteiger partial charge in [0, 0.05) is 17.4 Å². The van der Waals surface area contributed by atoms with Crippen LogP contribution in [0, 0.1) is 0 Å². The van der Waals surface area contributed by atoms with Crippen LogP contribution in [0.15, 0.2) is 54.7 Å². The fourth-order valence-corrected chi connectivity index (χ4v) is 5.39. The second kappa shape index (κ2) is 8.87. The molecular weight excluding hydrogens is 483 g/mol. The van der Waals surface area contributed by atoms with Crippen molar-refractivity contribution in [2.45, 2.75) is 32.0 Å². The third-order valence-corrected chi connectivity index (χ3v) is 7.19. The zero-order valence-corrected chi connectivity index (χ0v) is 20.4. The molecule has 1 aromatic heterocycles. The highest BCUT2D eigenvalue weighted by Gasteiger charge is 2.33. The summed E-state index contributed by atoms with van der Waals surface area (Å²) in [4.78, 5) is 0. The van der Waals surface area contributed by atoms with Crippen LogP contribution in [0.1, 0.15) is 22.3 Å². The summed E-state index contributed by atoms with van der Waals surface area (Å²) in [6.45, 7) is 0.972. The normalized spacial score (nSPS) is 13.9. The van der Waals surface area contributed by atoms with Crippen molar-refractivity contribution in [1.29, 1.82) is 0 Å². The average Bonchev–Trinajstić information content (AvgIpc) is 3.36. The summed E-state index contributed by atoms with van der Waals surface area (Å²) in [5.74, 6) is 2.77. The van der Waals surface area contributed by atoms with Crippen LogP contribution < -0.4 is 23.5 Å². The van der Waals surface area contributed by atoms with Gasteiger partial charge in [0.25, 0.3) is 0 Å². The summed E-state index contributed by atoms with van der Waals surface area (Å²) in [6, 6.07) is 13.4. The predicted octanol–water partition coefficient (Wildman–Crippen LogP) is 5.90. The molecule has 2 aliphatic rings. The maximum atomic E-state index is 13.1. The highest BCUT2D eigenvalue weighted by Crippen LogP contribution is 2.44. The number of nitrogens with zero attached hydrogens (tertiary/aromatic N) is 1. The Labute approximate surface area is 212 Å². The molecule has 3 heterocycles. The van der Waals surface area contributed by atoms with Crippen molar-refractivity contribution in [1.82, 2.24) is 0 Å². The Morgan fingerprint density at radius 1 is 0.892 bits per heavy atom. The molecule has 190 valence electrons. The second-order valence-corrected chi connectivity index (χ2v) is 9.22. The number of benzene rings is 3. The van der Waals surface area contributed by atoms with E-state index in [-0.39, 0.29) is 6.79 Å². The lowest BCUT2D eigenvalue weighted by Gasteiger charge is -2.21. The molecule has 0 fully saturated rings. The van der Waals surface area contributed by atoms with Gasteiger partial charge < -0.3 is 18.9 Å². The van der Waals surface area contributed by atoms with E-state index < -0.39 is 11.7 Å². The van der Waals surface area contributed by atoms with Crippen molar-refractivity contribution in [2.24, 2.45) is 0 Å². The lowest BCUT2D eigenvalue weighted by molar-refractivity contribution is -0.686. The number of fused-ring (bicyclic) bond motifs is 5. The summed E-state index contributed by atoms with van der Waals surface area (Å²) in [6.07, 6.45) is -0.212. The Kier molecular flexibility index (Phi) is 5.62. The Morgan fingerprint density at radius 3 is 2.35 bits per heavy atom. The maximum Gasteiger partial charge on any atom is 0.416 e. The minimum Gasteiger partial charge on any atom is -0.493 e. The number of ether oxygens (including phenoxy) is 4. The van der Waals surface area contributed by atoms with Crippen molar-refractivity contribution >= 4 is 10.8 Å². The SMILES string of the molecule is COc1ccc2c(CCc3ccc(C(F)(F)F)cc3)c3[n+](cc2c1OC)CCc1cc2c(cc1-3)OCO2. The number of hydrogen-bond acceptors (Lipinski definition) is 4. The number of halogens is 3. The van der Waals surface area contributed by atoms with E-state index in [1.165, 1.54) is 5.56 Å². The second-order valence-electron chi connectivity index (χ2n) is 9.22. The highest BCUT2D eigenvalue weighted by molar-refractivity contribution is 5.95. The van der Waals surface area contributed by atoms with Crippen LogP contribution in [0.25, 0.3) is 22.0 Å². The van der Waals surface area contributed by atoms with Gasteiger partial charge in [0.15, 0.2) is 35.7 Å². The zero-order valence-electron chi connectivity index (χ0n) is 20.4. The lowest BCUT2D eigenvalue weighted by Crippen LogP contribution is -2.41. The number of rotatable bonds is 5. The van der Waals surface area contributed by atoms with Gasteiger partial charge in [-0.15, -0.1) is 0 Å². The molecule has 0 atom stereocenters. The highest BCUT2D eigenvalue weighted by atomic mass is 19.4. The molecule has 0 aliphatic carbocycles. The number of hydrogen-bond donors (Lipinski definition) is 0. The van der Waals surface area contributed by atoms with Crippen LogP contribution in [0.4, 0.5) is 13.2 Å². The Bertz CT molecular complexity index is 1510. The fourth-order valence-electron chi connectivity index (χ4n) is 5.39. The van der Waals surface area contributed by atoms with E-state index in [2.05, 4.69) is 16.8 Å². The fraction of sp³-hybridized carbons (Fsp3) is 0.276. The van der Waals surface area contributed by atoms with Gasteiger partial charge in [0.05, 0.1) is 30.7 Å². The molecule has 0 N–H and O–H groups in total. The predicted molar refractivity (Wildman–Crippen MR) is 131 cm³/mol. The summed E-state index contributed by atoms with van der Waals surface area (Å²) in [5.41, 5.74) is 4.63. The quantitative estimate of drug-likeness (QED) is 0.315. The van der Waals surface area contributed by atoms with E-state index in [0.29, 0.717) is 30.1 Å². The lowest BCUT2D eigenvalue weighted by atomic mass is 9.88. The molecule has 37 heavy (non-hydrogen) atoms. The van der Waals surface area contributed by atoms with E-state index in [0.717, 1.165) is 64.0 Å². The van der Waals surface area contributed by atoms with Crippen molar-refractivity contribution in [3.63, 3.8) is 0 Å². The van der Waals surface area contributed by atoms with Crippen molar-refractivity contribution < 1.29 is 36.7 Å². The minimum absolute atomic E-state index is 0.202. The van der Waals surface area contributed by atoms with Crippen molar-refractivity contribution in [3.8, 4) is 34.3 Å². The van der Waals surface area contributed by atoms with E-state index in [1.54, 1.807) is 26.4 Å². The Balaban J connectivity index is 1.50. The number of aryl methyl sites for hydroxylation is 4. The molecule has 5 nitrogen and oxygen atoms in total. The molecule has 8 heteroatoms. The van der Waals surface area contributed by atoms with Crippen LogP contribution >= 0.6 is 0 Å². The first kappa shape index (κ1) is 23.5. The van der Waals surface area contributed by atoms with Gasteiger partial charge in [-0.2, -0.15) is 17.7 Å². The maximum absolute atomic E-state index is 13.1. The third kappa shape index (κ3) is 4.00. The molecule has 0 saturated heterocycles. The summed E-state index contributed by atoms with van der Waals surface area (Å²) < 4.78 is 64.0. The minimum atomic E-state index is -4.35. The summed E-state index contributed by atoms with van der Waals surface area (Å²) >= 11 is 0. The van der Waals surface area contributed by atoms with Gasteiger partial charge in [-0.05, 0) is 60.4 Å². The molecule has 0 bridgehead atoms. The van der Waals surface area contributed by atoms with Crippen molar-refractivity contribution in [2.75, 3.05) is 21.0 Å². The number of alkyl halides is 3. The molecule has 0 amide bonds. The van der Waals surface area contributed by atoms with E-state index in [1.807, 2.05) is 18.2 Å². The average molecular weight is 509 g/mol. The Morgan fingerprint density at radius 2 is 1.65 bits per heavy atom. The van der Waals surface area contributed by atoms with E-state index in [9.17, 15) is 13.2 Å².